The minimum atomic E-state index is 0.00523. The molecule has 1 fully saturated rings. The van der Waals surface area contributed by atoms with Gasteiger partial charge in [0.1, 0.15) is 0 Å². The summed E-state index contributed by atoms with van der Waals surface area (Å²) in [6, 6.07) is 4.07. The zero-order chi connectivity index (χ0) is 16.8. The Morgan fingerprint density at radius 2 is 1.87 bits per heavy atom. The Kier molecular flexibility index (Phi) is 6.34. The highest BCUT2D eigenvalue weighted by Crippen LogP contribution is 2.19. The number of nitrogens with one attached hydrogen (secondary N) is 1. The van der Waals surface area contributed by atoms with Crippen molar-refractivity contribution in [1.29, 1.82) is 0 Å². The molecular formula is C19H27NO3. The van der Waals surface area contributed by atoms with Crippen LogP contribution in [0.1, 0.15) is 59.2 Å². The van der Waals surface area contributed by atoms with Gasteiger partial charge in [0.05, 0.1) is 6.10 Å². The Bertz CT molecular complexity index is 551. The van der Waals surface area contributed by atoms with E-state index in [1.807, 2.05) is 32.9 Å². The molecule has 0 bridgehead atoms. The van der Waals surface area contributed by atoms with Crippen LogP contribution in [0.5, 0.6) is 0 Å². The Labute approximate surface area is 138 Å². The van der Waals surface area contributed by atoms with Crippen molar-refractivity contribution in [2.24, 2.45) is 0 Å². The Balaban J connectivity index is 1.75. The minimum Gasteiger partial charge on any atom is -0.376 e. The normalized spacial score (nSPS) is 17.3. The molecule has 0 saturated carbocycles. The lowest BCUT2D eigenvalue weighted by Gasteiger charge is -2.11. The third-order valence-electron chi connectivity index (χ3n) is 4.31. The van der Waals surface area contributed by atoms with Crippen molar-refractivity contribution in [3.8, 4) is 0 Å². The van der Waals surface area contributed by atoms with Crippen LogP contribution in [-0.2, 0) is 9.53 Å². The van der Waals surface area contributed by atoms with Gasteiger partial charge in [0.25, 0.3) is 0 Å². The standard InChI is InChI=1S/C19H27NO3/c1-13-10-14(2)19(15(3)11-13)17(21)7-4-8-18(22)20-12-16-6-5-9-23-16/h10-11,16H,4-9,12H2,1-3H3,(H,20,22)/t16-/m0/s1. The second kappa shape index (κ2) is 8.25. The van der Waals surface area contributed by atoms with Crippen molar-refractivity contribution in [1.82, 2.24) is 5.32 Å². The highest BCUT2D eigenvalue weighted by molar-refractivity contribution is 5.99. The van der Waals surface area contributed by atoms with Gasteiger partial charge >= 0.3 is 0 Å². The van der Waals surface area contributed by atoms with E-state index in [1.54, 1.807) is 0 Å². The van der Waals surface area contributed by atoms with Crippen molar-refractivity contribution < 1.29 is 14.3 Å². The molecule has 2 rings (SSSR count). The summed E-state index contributed by atoms with van der Waals surface area (Å²) < 4.78 is 5.47. The molecule has 1 atom stereocenters. The predicted molar refractivity (Wildman–Crippen MR) is 90.8 cm³/mol. The van der Waals surface area contributed by atoms with E-state index >= 15 is 0 Å². The molecule has 0 aromatic heterocycles. The number of ketones is 1. The van der Waals surface area contributed by atoms with Gasteiger partial charge < -0.3 is 10.1 Å². The molecule has 1 aliphatic heterocycles. The molecule has 0 unspecified atom stereocenters. The van der Waals surface area contributed by atoms with Gasteiger partial charge in [-0.25, -0.2) is 0 Å². The van der Waals surface area contributed by atoms with E-state index in [4.69, 9.17) is 4.74 Å². The number of amides is 1. The first-order valence-electron chi connectivity index (χ1n) is 8.46. The van der Waals surface area contributed by atoms with E-state index in [-0.39, 0.29) is 17.8 Å². The van der Waals surface area contributed by atoms with Crippen LogP contribution in [0.25, 0.3) is 0 Å². The zero-order valence-corrected chi connectivity index (χ0v) is 14.4. The summed E-state index contributed by atoms with van der Waals surface area (Å²) >= 11 is 0. The van der Waals surface area contributed by atoms with Crippen molar-refractivity contribution in [3.63, 3.8) is 0 Å². The minimum absolute atomic E-state index is 0.00523. The van der Waals surface area contributed by atoms with Gasteiger partial charge in [0.15, 0.2) is 5.78 Å². The van der Waals surface area contributed by atoms with Gasteiger partial charge in [0.2, 0.25) is 5.91 Å². The average Bonchev–Trinajstić information content (AvgIpc) is 2.97. The summed E-state index contributed by atoms with van der Waals surface area (Å²) in [5, 5.41) is 2.89. The van der Waals surface area contributed by atoms with Crippen LogP contribution in [0.4, 0.5) is 0 Å². The zero-order valence-electron chi connectivity index (χ0n) is 14.4. The lowest BCUT2D eigenvalue weighted by atomic mass is 9.94. The lowest BCUT2D eigenvalue weighted by molar-refractivity contribution is -0.121. The molecule has 1 amide bonds. The fraction of sp³-hybridized carbons (Fsp3) is 0.579. The number of rotatable bonds is 7. The molecule has 1 heterocycles. The van der Waals surface area contributed by atoms with E-state index in [9.17, 15) is 9.59 Å². The smallest absolute Gasteiger partial charge is 0.220 e. The summed E-state index contributed by atoms with van der Waals surface area (Å²) in [5.74, 6) is 0.137. The number of carbonyl (C=O) groups excluding carboxylic acids is 2. The van der Waals surface area contributed by atoms with E-state index in [0.717, 1.165) is 36.1 Å². The summed E-state index contributed by atoms with van der Waals surface area (Å²) in [7, 11) is 0. The van der Waals surface area contributed by atoms with Crippen LogP contribution in [0, 0.1) is 20.8 Å². The van der Waals surface area contributed by atoms with Crippen LogP contribution in [0.15, 0.2) is 12.1 Å². The number of ether oxygens (including phenoxy) is 1. The second-order valence-corrected chi connectivity index (χ2v) is 6.49. The van der Waals surface area contributed by atoms with Crippen molar-refractivity contribution >= 4 is 11.7 Å². The first kappa shape index (κ1) is 17.7. The molecule has 126 valence electrons. The Morgan fingerprint density at radius 1 is 1.17 bits per heavy atom. The second-order valence-electron chi connectivity index (χ2n) is 6.49. The number of Topliss-reactive ketones (excluding diaryl/α,β-unsaturated/α-hetero) is 1. The fourth-order valence-electron chi connectivity index (χ4n) is 3.28. The van der Waals surface area contributed by atoms with Crippen molar-refractivity contribution in [2.75, 3.05) is 13.2 Å². The van der Waals surface area contributed by atoms with Gasteiger partial charge in [-0.15, -0.1) is 0 Å². The average molecular weight is 317 g/mol. The largest absolute Gasteiger partial charge is 0.376 e. The van der Waals surface area contributed by atoms with Gasteiger partial charge in [-0.2, -0.15) is 0 Å². The Hall–Kier alpha value is -1.68. The number of carbonyl (C=O) groups is 2. The number of hydrogen-bond acceptors (Lipinski definition) is 3. The van der Waals surface area contributed by atoms with Gasteiger partial charge in [0, 0.05) is 31.6 Å². The highest BCUT2D eigenvalue weighted by Gasteiger charge is 2.17. The van der Waals surface area contributed by atoms with E-state index in [0.29, 0.717) is 25.8 Å². The third-order valence-corrected chi connectivity index (χ3v) is 4.31. The summed E-state index contributed by atoms with van der Waals surface area (Å²) in [6.07, 6.45) is 3.65. The molecule has 4 heteroatoms. The molecule has 4 nitrogen and oxygen atoms in total. The fourth-order valence-corrected chi connectivity index (χ4v) is 3.28. The monoisotopic (exact) mass is 317 g/mol. The number of aryl methyl sites for hydroxylation is 3. The summed E-state index contributed by atoms with van der Waals surface area (Å²) in [6.45, 7) is 7.36. The first-order valence-corrected chi connectivity index (χ1v) is 8.46. The molecule has 1 aliphatic rings. The first-order chi connectivity index (χ1) is 11.0. The topological polar surface area (TPSA) is 55.4 Å². The SMILES string of the molecule is Cc1cc(C)c(C(=O)CCCC(=O)NC[C@@H]2CCCO2)c(C)c1. The maximum absolute atomic E-state index is 12.4. The lowest BCUT2D eigenvalue weighted by Crippen LogP contribution is -2.31. The molecule has 1 saturated heterocycles. The van der Waals surface area contributed by atoms with Crippen LogP contribution < -0.4 is 5.32 Å². The molecule has 23 heavy (non-hydrogen) atoms. The van der Waals surface area contributed by atoms with E-state index < -0.39 is 0 Å². The predicted octanol–water partition coefficient (Wildman–Crippen LogP) is 3.26. The third kappa shape index (κ3) is 5.17. The maximum Gasteiger partial charge on any atom is 0.220 e. The maximum atomic E-state index is 12.4. The molecule has 0 aliphatic carbocycles. The van der Waals surface area contributed by atoms with Crippen LogP contribution in [0.2, 0.25) is 0 Å². The number of hydrogen-bond donors (Lipinski definition) is 1. The van der Waals surface area contributed by atoms with E-state index in [2.05, 4.69) is 5.32 Å². The van der Waals surface area contributed by atoms with Crippen LogP contribution >= 0.6 is 0 Å². The molecule has 1 aromatic carbocycles. The quantitative estimate of drug-likeness (QED) is 0.785. The van der Waals surface area contributed by atoms with Crippen LogP contribution in [-0.4, -0.2) is 30.9 Å². The van der Waals surface area contributed by atoms with Crippen molar-refractivity contribution in [2.45, 2.75) is 59.0 Å². The molecule has 0 radical (unpaired) electrons. The summed E-state index contributed by atoms with van der Waals surface area (Å²) in [4.78, 5) is 24.2. The summed E-state index contributed by atoms with van der Waals surface area (Å²) in [5.41, 5.74) is 4.03. The molecule has 0 spiro atoms. The van der Waals surface area contributed by atoms with Crippen molar-refractivity contribution in [3.05, 3.63) is 34.4 Å². The highest BCUT2D eigenvalue weighted by atomic mass is 16.5. The van der Waals surface area contributed by atoms with E-state index in [1.165, 1.54) is 5.56 Å². The van der Waals surface area contributed by atoms with Crippen LogP contribution in [0.3, 0.4) is 0 Å². The number of benzene rings is 1. The van der Waals surface area contributed by atoms with Gasteiger partial charge in [-0.1, -0.05) is 17.7 Å². The molecule has 1 aromatic rings. The van der Waals surface area contributed by atoms with Gasteiger partial charge in [-0.05, 0) is 51.2 Å². The molecular weight excluding hydrogens is 290 g/mol. The Morgan fingerprint density at radius 3 is 2.48 bits per heavy atom. The van der Waals surface area contributed by atoms with Gasteiger partial charge in [-0.3, -0.25) is 9.59 Å². The molecule has 1 N–H and O–H groups in total.